The molecule has 0 saturated heterocycles. The van der Waals surface area contributed by atoms with Gasteiger partial charge in [-0.25, -0.2) is 0 Å². The van der Waals surface area contributed by atoms with Gasteiger partial charge >= 0.3 is 0 Å². The summed E-state index contributed by atoms with van der Waals surface area (Å²) in [6.45, 7) is 0. The van der Waals surface area contributed by atoms with Crippen LogP contribution in [0.25, 0.3) is 0 Å². The molecule has 1 rings (SSSR count). The fourth-order valence-electron chi connectivity index (χ4n) is 0.392. The third-order valence-electron chi connectivity index (χ3n) is 0.779. The first-order valence-corrected chi connectivity index (χ1v) is 2.45. The van der Waals surface area contributed by atoms with E-state index < -0.39 is 11.3 Å². The highest BCUT2D eigenvalue weighted by atomic mass is 35.5. The molecule has 44 valence electrons. The summed E-state index contributed by atoms with van der Waals surface area (Å²) in [5.74, 6) is 0. The van der Waals surface area contributed by atoms with Crippen molar-refractivity contribution in [3.63, 3.8) is 0 Å². The minimum atomic E-state index is -0.461. The molecule has 1 aliphatic rings. The van der Waals surface area contributed by atoms with Gasteiger partial charge in [-0.2, -0.15) is 0 Å². The predicted molar refractivity (Wildman–Crippen MR) is 28.0 cm³/mol. The SMILES string of the molecule is O=C(Cl)C1C=CON1. The lowest BCUT2D eigenvalue weighted by molar-refractivity contribution is -0.113. The van der Waals surface area contributed by atoms with Gasteiger partial charge in [-0.05, 0) is 17.7 Å². The van der Waals surface area contributed by atoms with Gasteiger partial charge in [0.2, 0.25) is 5.24 Å². The van der Waals surface area contributed by atoms with Crippen LogP contribution in [0.3, 0.4) is 0 Å². The van der Waals surface area contributed by atoms with Crippen molar-refractivity contribution in [3.05, 3.63) is 12.3 Å². The van der Waals surface area contributed by atoms with Crippen LogP contribution in [0, 0.1) is 0 Å². The number of hydroxylamine groups is 1. The van der Waals surface area contributed by atoms with Crippen LogP contribution in [0.2, 0.25) is 0 Å². The number of carbonyl (C=O) groups is 1. The van der Waals surface area contributed by atoms with Gasteiger partial charge < -0.3 is 4.84 Å². The molecule has 0 bridgehead atoms. The molecule has 1 heterocycles. The summed E-state index contributed by atoms with van der Waals surface area (Å²) in [4.78, 5) is 14.7. The van der Waals surface area contributed by atoms with E-state index in [-0.39, 0.29) is 0 Å². The summed E-state index contributed by atoms with van der Waals surface area (Å²) in [6, 6.07) is -0.461. The molecule has 0 aliphatic carbocycles. The maximum atomic E-state index is 10.2. The Kier molecular flexibility index (Phi) is 1.50. The van der Waals surface area contributed by atoms with Crippen LogP contribution in [0.1, 0.15) is 0 Å². The molecule has 1 unspecified atom stereocenters. The standard InChI is InChI=1S/C4H4ClNO2/c5-4(7)3-1-2-8-6-3/h1-3,6H. The zero-order valence-corrected chi connectivity index (χ0v) is 4.68. The highest BCUT2D eigenvalue weighted by Crippen LogP contribution is 1.99. The summed E-state index contributed by atoms with van der Waals surface area (Å²) >= 11 is 5.05. The highest BCUT2D eigenvalue weighted by Gasteiger charge is 2.15. The van der Waals surface area contributed by atoms with Gasteiger partial charge in [0.1, 0.15) is 12.3 Å². The zero-order chi connectivity index (χ0) is 5.98. The molecule has 1 N–H and O–H groups in total. The molecule has 0 amide bonds. The van der Waals surface area contributed by atoms with Crippen molar-refractivity contribution < 1.29 is 9.63 Å². The van der Waals surface area contributed by atoms with Crippen molar-refractivity contribution in [3.8, 4) is 0 Å². The van der Waals surface area contributed by atoms with Crippen molar-refractivity contribution in [1.82, 2.24) is 5.48 Å². The minimum absolute atomic E-state index is 0.459. The number of hydrogen-bond acceptors (Lipinski definition) is 3. The quantitative estimate of drug-likeness (QED) is 0.519. The molecule has 0 aromatic rings. The van der Waals surface area contributed by atoms with Gasteiger partial charge in [0.25, 0.3) is 0 Å². The van der Waals surface area contributed by atoms with E-state index in [0.717, 1.165) is 0 Å². The number of hydrogen-bond donors (Lipinski definition) is 1. The first-order valence-electron chi connectivity index (χ1n) is 2.08. The van der Waals surface area contributed by atoms with Gasteiger partial charge in [0.15, 0.2) is 0 Å². The molecular formula is C4H4ClNO2. The van der Waals surface area contributed by atoms with E-state index in [1.807, 2.05) is 0 Å². The molecule has 1 atom stereocenters. The van der Waals surface area contributed by atoms with Crippen LogP contribution in [0.4, 0.5) is 0 Å². The minimum Gasteiger partial charge on any atom is -0.416 e. The smallest absolute Gasteiger partial charge is 0.245 e. The van der Waals surface area contributed by atoms with Crippen molar-refractivity contribution in [2.45, 2.75) is 6.04 Å². The zero-order valence-electron chi connectivity index (χ0n) is 3.93. The van der Waals surface area contributed by atoms with E-state index in [2.05, 4.69) is 10.3 Å². The Hall–Kier alpha value is -0.540. The first-order chi connectivity index (χ1) is 3.80. The van der Waals surface area contributed by atoms with Gasteiger partial charge in [-0.1, -0.05) is 0 Å². The molecule has 0 aromatic heterocycles. The molecule has 0 saturated carbocycles. The molecule has 3 nitrogen and oxygen atoms in total. The summed E-state index contributed by atoms with van der Waals surface area (Å²) in [5, 5.41) is -0.459. The molecule has 0 spiro atoms. The lowest BCUT2D eigenvalue weighted by Crippen LogP contribution is -2.26. The van der Waals surface area contributed by atoms with Crippen LogP contribution < -0.4 is 5.48 Å². The third kappa shape index (κ3) is 0.993. The number of nitrogens with one attached hydrogen (secondary N) is 1. The van der Waals surface area contributed by atoms with E-state index >= 15 is 0 Å². The average Bonchev–Trinajstić information content (AvgIpc) is 2.12. The monoisotopic (exact) mass is 133 g/mol. The van der Waals surface area contributed by atoms with Crippen LogP contribution in [-0.4, -0.2) is 11.3 Å². The Morgan fingerprint density at radius 2 is 2.62 bits per heavy atom. The molecule has 0 aromatic carbocycles. The van der Waals surface area contributed by atoms with Crippen LogP contribution in [0.15, 0.2) is 12.3 Å². The fraction of sp³-hybridized carbons (Fsp3) is 0.250. The lowest BCUT2D eigenvalue weighted by atomic mass is 10.4. The van der Waals surface area contributed by atoms with E-state index in [0.29, 0.717) is 0 Å². The second kappa shape index (κ2) is 2.15. The number of carbonyl (C=O) groups excluding carboxylic acids is 1. The molecule has 0 radical (unpaired) electrons. The molecular weight excluding hydrogens is 130 g/mol. The Morgan fingerprint density at radius 3 is 2.88 bits per heavy atom. The van der Waals surface area contributed by atoms with Crippen LogP contribution in [-0.2, 0) is 9.63 Å². The second-order valence-corrected chi connectivity index (χ2v) is 1.72. The van der Waals surface area contributed by atoms with Crippen molar-refractivity contribution in [2.75, 3.05) is 0 Å². The van der Waals surface area contributed by atoms with E-state index in [9.17, 15) is 4.79 Å². The maximum absolute atomic E-state index is 10.2. The molecule has 8 heavy (non-hydrogen) atoms. The molecule has 4 heteroatoms. The maximum Gasteiger partial charge on any atom is 0.245 e. The number of rotatable bonds is 1. The topological polar surface area (TPSA) is 38.3 Å². The van der Waals surface area contributed by atoms with E-state index in [4.69, 9.17) is 11.6 Å². The summed E-state index contributed by atoms with van der Waals surface area (Å²) in [7, 11) is 0. The van der Waals surface area contributed by atoms with E-state index in [1.54, 1.807) is 0 Å². The Balaban J connectivity index is 2.48. The van der Waals surface area contributed by atoms with Crippen molar-refractivity contribution in [1.29, 1.82) is 0 Å². The highest BCUT2D eigenvalue weighted by molar-refractivity contribution is 6.65. The third-order valence-corrected chi connectivity index (χ3v) is 1.01. The van der Waals surface area contributed by atoms with Crippen molar-refractivity contribution in [2.24, 2.45) is 0 Å². The number of halogens is 1. The Labute approximate surface area is 51.2 Å². The van der Waals surface area contributed by atoms with Gasteiger partial charge in [0, 0.05) is 0 Å². The predicted octanol–water partition coefficient (Wildman–Crippen LogP) is 0.169. The molecule has 0 fully saturated rings. The van der Waals surface area contributed by atoms with E-state index in [1.165, 1.54) is 12.3 Å². The lowest BCUT2D eigenvalue weighted by Gasteiger charge is -1.97. The Bertz CT molecular complexity index is 134. The van der Waals surface area contributed by atoms with Crippen LogP contribution in [0.5, 0.6) is 0 Å². The first kappa shape index (κ1) is 5.59. The average molecular weight is 134 g/mol. The second-order valence-electron chi connectivity index (χ2n) is 1.35. The normalized spacial score (nSPS) is 25.4. The van der Waals surface area contributed by atoms with Gasteiger partial charge in [0.05, 0.1) is 0 Å². The van der Waals surface area contributed by atoms with Crippen LogP contribution >= 0.6 is 11.6 Å². The van der Waals surface area contributed by atoms with Crippen molar-refractivity contribution >= 4 is 16.8 Å². The summed E-state index contributed by atoms with van der Waals surface area (Å²) < 4.78 is 0. The largest absolute Gasteiger partial charge is 0.416 e. The Morgan fingerprint density at radius 1 is 1.88 bits per heavy atom. The summed E-state index contributed by atoms with van der Waals surface area (Å²) in [6.07, 6.45) is 2.92. The van der Waals surface area contributed by atoms with Gasteiger partial charge in [-0.3, -0.25) is 4.79 Å². The molecule has 1 aliphatic heterocycles. The van der Waals surface area contributed by atoms with Gasteiger partial charge in [-0.15, -0.1) is 5.48 Å². The fourth-order valence-corrected chi connectivity index (χ4v) is 0.509. The summed E-state index contributed by atoms with van der Waals surface area (Å²) in [5.41, 5.74) is 2.36.